The molecule has 0 aliphatic heterocycles. The van der Waals surface area contributed by atoms with Crippen LogP contribution in [0.2, 0.25) is 0 Å². The number of hydrogen-bond donors (Lipinski definition) is 2. The molecule has 0 atom stereocenters. The van der Waals surface area contributed by atoms with Crippen molar-refractivity contribution in [2.24, 2.45) is 0 Å². The summed E-state index contributed by atoms with van der Waals surface area (Å²) in [5.74, 6) is -1.49. The van der Waals surface area contributed by atoms with Crippen LogP contribution in [0.4, 0.5) is 8.78 Å². The molecule has 0 saturated carbocycles. The van der Waals surface area contributed by atoms with Gasteiger partial charge in [0.1, 0.15) is 11.6 Å². The zero-order chi connectivity index (χ0) is 19.2. The molecule has 1 heterocycles. The summed E-state index contributed by atoms with van der Waals surface area (Å²) in [6, 6.07) is 15.4. The van der Waals surface area contributed by atoms with E-state index in [1.54, 1.807) is 36.4 Å². The quantitative estimate of drug-likeness (QED) is 0.649. The Morgan fingerprint density at radius 1 is 0.889 bits per heavy atom. The maximum Gasteiger partial charge on any atom is 0.279 e. The third kappa shape index (κ3) is 5.21. The van der Waals surface area contributed by atoms with Crippen molar-refractivity contribution < 1.29 is 18.4 Å². The first kappa shape index (κ1) is 18.7. The minimum Gasteiger partial charge on any atom is -0.273 e. The van der Waals surface area contributed by atoms with Crippen LogP contribution in [0.1, 0.15) is 21.7 Å². The van der Waals surface area contributed by atoms with E-state index in [1.807, 2.05) is 0 Å². The van der Waals surface area contributed by atoms with Crippen LogP contribution in [0, 0.1) is 11.6 Å². The molecule has 0 aliphatic carbocycles. The summed E-state index contributed by atoms with van der Waals surface area (Å²) in [4.78, 5) is 25.2. The summed E-state index contributed by atoms with van der Waals surface area (Å²) >= 11 is 1.24. The number of benzene rings is 2. The second kappa shape index (κ2) is 8.55. The zero-order valence-corrected chi connectivity index (χ0v) is 15.0. The lowest BCUT2D eigenvalue weighted by molar-refractivity contribution is -0.121. The number of aryl methyl sites for hydroxylation is 1. The van der Waals surface area contributed by atoms with Crippen molar-refractivity contribution in [3.05, 3.63) is 82.7 Å². The molecule has 3 rings (SSSR count). The van der Waals surface area contributed by atoms with Gasteiger partial charge in [-0.05, 0) is 53.9 Å². The van der Waals surface area contributed by atoms with Gasteiger partial charge in [-0.15, -0.1) is 11.3 Å². The number of halogens is 2. The third-order valence-electron chi connectivity index (χ3n) is 3.80. The summed E-state index contributed by atoms with van der Waals surface area (Å²) in [5.41, 5.74) is 6.22. The number of hydrazine groups is 1. The SMILES string of the molecule is O=C(CCc1cccc(F)c1)NNC(=O)c1ccc(-c2ccc(F)cc2)s1. The van der Waals surface area contributed by atoms with Gasteiger partial charge in [-0.1, -0.05) is 24.3 Å². The summed E-state index contributed by atoms with van der Waals surface area (Å²) in [6.45, 7) is 0. The normalized spacial score (nSPS) is 10.4. The average molecular weight is 386 g/mol. The second-order valence-electron chi connectivity index (χ2n) is 5.80. The fraction of sp³-hybridized carbons (Fsp3) is 0.100. The first-order valence-electron chi connectivity index (χ1n) is 8.20. The molecule has 0 saturated heterocycles. The van der Waals surface area contributed by atoms with Gasteiger partial charge in [0.15, 0.2) is 0 Å². The summed E-state index contributed by atoms with van der Waals surface area (Å²) in [5, 5.41) is 0. The number of carbonyl (C=O) groups is 2. The standard InChI is InChI=1S/C20H16F2N2O2S/c21-15-7-5-14(6-8-15)17-9-10-18(27-17)20(26)24-23-19(25)11-4-13-2-1-3-16(22)12-13/h1-3,5-10,12H,4,11H2,(H,23,25)(H,24,26). The van der Waals surface area contributed by atoms with Crippen LogP contribution in [0.5, 0.6) is 0 Å². The Balaban J connectivity index is 1.50. The molecule has 3 aromatic rings. The van der Waals surface area contributed by atoms with Crippen molar-refractivity contribution in [2.45, 2.75) is 12.8 Å². The Bertz CT molecular complexity index is 955. The number of thiophene rings is 1. The van der Waals surface area contributed by atoms with Gasteiger partial charge in [0, 0.05) is 11.3 Å². The summed E-state index contributed by atoms with van der Waals surface area (Å²) in [6.07, 6.45) is 0.488. The number of rotatable bonds is 5. The van der Waals surface area contributed by atoms with Gasteiger partial charge in [-0.25, -0.2) is 8.78 Å². The van der Waals surface area contributed by atoms with Crippen LogP contribution < -0.4 is 10.9 Å². The molecule has 0 fully saturated rings. The maximum absolute atomic E-state index is 13.1. The number of amides is 2. The number of hydrogen-bond acceptors (Lipinski definition) is 3. The van der Waals surface area contributed by atoms with Crippen LogP contribution >= 0.6 is 11.3 Å². The van der Waals surface area contributed by atoms with Gasteiger partial charge in [0.25, 0.3) is 5.91 Å². The van der Waals surface area contributed by atoms with Gasteiger partial charge in [-0.2, -0.15) is 0 Å². The highest BCUT2D eigenvalue weighted by molar-refractivity contribution is 7.17. The largest absolute Gasteiger partial charge is 0.279 e. The second-order valence-corrected chi connectivity index (χ2v) is 6.89. The van der Waals surface area contributed by atoms with Crippen LogP contribution in [0.15, 0.2) is 60.7 Å². The van der Waals surface area contributed by atoms with Crippen molar-refractivity contribution in [2.75, 3.05) is 0 Å². The van der Waals surface area contributed by atoms with Crippen LogP contribution in [0.3, 0.4) is 0 Å². The lowest BCUT2D eigenvalue weighted by Gasteiger charge is -2.06. The first-order valence-corrected chi connectivity index (χ1v) is 9.02. The number of nitrogens with one attached hydrogen (secondary N) is 2. The molecular formula is C20H16F2N2O2S. The van der Waals surface area contributed by atoms with Crippen LogP contribution in [-0.2, 0) is 11.2 Å². The van der Waals surface area contributed by atoms with E-state index in [1.165, 1.54) is 35.6 Å². The van der Waals surface area contributed by atoms with E-state index >= 15 is 0 Å². The molecule has 2 aromatic carbocycles. The van der Waals surface area contributed by atoms with Crippen LogP contribution in [0.25, 0.3) is 10.4 Å². The minimum absolute atomic E-state index is 0.120. The molecule has 4 nitrogen and oxygen atoms in total. The Kier molecular flexibility index (Phi) is 5.93. The fourth-order valence-electron chi connectivity index (χ4n) is 2.43. The molecule has 138 valence electrons. The Morgan fingerprint density at radius 3 is 2.41 bits per heavy atom. The highest BCUT2D eigenvalue weighted by Gasteiger charge is 2.11. The van der Waals surface area contributed by atoms with E-state index in [9.17, 15) is 18.4 Å². The van der Waals surface area contributed by atoms with Gasteiger partial charge in [0.05, 0.1) is 4.88 Å². The lowest BCUT2D eigenvalue weighted by Crippen LogP contribution is -2.41. The van der Waals surface area contributed by atoms with Gasteiger partial charge < -0.3 is 0 Å². The Labute approximate surface area is 158 Å². The highest BCUT2D eigenvalue weighted by Crippen LogP contribution is 2.28. The molecule has 0 bridgehead atoms. The molecule has 27 heavy (non-hydrogen) atoms. The Morgan fingerprint density at radius 2 is 1.67 bits per heavy atom. The van der Waals surface area contributed by atoms with Gasteiger partial charge in [-0.3, -0.25) is 20.4 Å². The van der Waals surface area contributed by atoms with E-state index in [4.69, 9.17) is 0 Å². The van der Waals surface area contributed by atoms with Crippen molar-refractivity contribution in [3.8, 4) is 10.4 Å². The predicted molar refractivity (Wildman–Crippen MR) is 100 cm³/mol. The molecule has 2 amide bonds. The molecule has 2 N–H and O–H groups in total. The average Bonchev–Trinajstić information content (AvgIpc) is 3.15. The molecule has 0 radical (unpaired) electrons. The van der Waals surface area contributed by atoms with Gasteiger partial charge >= 0.3 is 0 Å². The van der Waals surface area contributed by atoms with E-state index in [-0.39, 0.29) is 24.0 Å². The number of carbonyl (C=O) groups excluding carboxylic acids is 2. The molecule has 1 aromatic heterocycles. The summed E-state index contributed by atoms with van der Waals surface area (Å²) in [7, 11) is 0. The van der Waals surface area contributed by atoms with Gasteiger partial charge in [0.2, 0.25) is 5.91 Å². The van der Waals surface area contributed by atoms with E-state index in [0.717, 1.165) is 10.4 Å². The first-order chi connectivity index (χ1) is 13.0. The Hall–Kier alpha value is -3.06. The third-order valence-corrected chi connectivity index (χ3v) is 4.94. The molecule has 0 aliphatic rings. The smallest absolute Gasteiger partial charge is 0.273 e. The lowest BCUT2D eigenvalue weighted by atomic mass is 10.1. The molecular weight excluding hydrogens is 370 g/mol. The zero-order valence-electron chi connectivity index (χ0n) is 14.2. The highest BCUT2D eigenvalue weighted by atomic mass is 32.1. The van der Waals surface area contributed by atoms with Crippen molar-refractivity contribution >= 4 is 23.2 Å². The molecule has 7 heteroatoms. The fourth-order valence-corrected chi connectivity index (χ4v) is 3.34. The molecule has 0 spiro atoms. The van der Waals surface area contributed by atoms with E-state index < -0.39 is 5.91 Å². The topological polar surface area (TPSA) is 58.2 Å². The van der Waals surface area contributed by atoms with Crippen molar-refractivity contribution in [1.29, 1.82) is 0 Å². The maximum atomic E-state index is 13.1. The predicted octanol–water partition coefficient (Wildman–Crippen LogP) is 4.09. The monoisotopic (exact) mass is 386 g/mol. The summed E-state index contributed by atoms with van der Waals surface area (Å²) < 4.78 is 26.1. The van der Waals surface area contributed by atoms with Crippen LogP contribution in [-0.4, -0.2) is 11.8 Å². The van der Waals surface area contributed by atoms with Crippen molar-refractivity contribution in [1.82, 2.24) is 10.9 Å². The van der Waals surface area contributed by atoms with Crippen molar-refractivity contribution in [3.63, 3.8) is 0 Å². The van der Waals surface area contributed by atoms with E-state index in [2.05, 4.69) is 10.9 Å². The minimum atomic E-state index is -0.438. The van der Waals surface area contributed by atoms with E-state index in [0.29, 0.717) is 16.9 Å². The molecule has 0 unspecified atom stereocenters.